The van der Waals surface area contributed by atoms with Crippen LogP contribution < -0.4 is 10.6 Å². The highest BCUT2D eigenvalue weighted by molar-refractivity contribution is 5.98. The molecule has 1 unspecified atom stereocenters. The van der Waals surface area contributed by atoms with Crippen molar-refractivity contribution in [3.8, 4) is 17.6 Å². The number of benzene rings is 2. The minimum absolute atomic E-state index is 0.0154. The number of hydrogen-bond donors (Lipinski definition) is 2. The summed E-state index contributed by atoms with van der Waals surface area (Å²) in [6.45, 7) is 0.638. The summed E-state index contributed by atoms with van der Waals surface area (Å²) in [6.07, 6.45) is 8.51. The average molecular weight is 524 g/mol. The normalized spacial score (nSPS) is 14.2. The Morgan fingerprint density at radius 1 is 1.13 bits per heavy atom. The Kier molecular flexibility index (Phi) is 7.73. The molecule has 11 heteroatoms. The second-order valence-corrected chi connectivity index (χ2v) is 8.84. The van der Waals surface area contributed by atoms with Crippen LogP contribution in [-0.4, -0.2) is 44.9 Å². The molecule has 2 aromatic heterocycles. The van der Waals surface area contributed by atoms with E-state index in [9.17, 15) is 9.59 Å². The third-order valence-electron chi connectivity index (χ3n) is 6.14. The lowest BCUT2D eigenvalue weighted by Crippen LogP contribution is -2.18. The summed E-state index contributed by atoms with van der Waals surface area (Å²) in [7, 11) is 0. The molecule has 0 saturated carbocycles. The maximum absolute atomic E-state index is 13.3. The summed E-state index contributed by atoms with van der Waals surface area (Å²) < 4.78 is 12.0. The number of ether oxygens (including phenoxy) is 1. The first-order chi connectivity index (χ1) is 19.1. The van der Waals surface area contributed by atoms with E-state index in [-0.39, 0.29) is 24.7 Å². The molecule has 0 aliphatic heterocycles. The number of aromatic nitrogens is 4. The van der Waals surface area contributed by atoms with E-state index in [4.69, 9.17) is 14.6 Å². The molecule has 0 bridgehead atoms. The first kappa shape index (κ1) is 25.4. The SMILES string of the molecule is N#CCCNc1nonc1-c1nc2ccccc2n1CC(=O)c1ccc(NC(=O)OCC2C=CC=CC2)cc1. The summed E-state index contributed by atoms with van der Waals surface area (Å²) >= 11 is 0. The lowest BCUT2D eigenvalue weighted by atomic mass is 10.0. The van der Waals surface area contributed by atoms with Gasteiger partial charge in [0, 0.05) is 23.7 Å². The van der Waals surface area contributed by atoms with Crippen molar-refractivity contribution in [3.05, 3.63) is 78.4 Å². The highest BCUT2D eigenvalue weighted by atomic mass is 16.6. The van der Waals surface area contributed by atoms with E-state index in [2.05, 4.69) is 32.0 Å². The highest BCUT2D eigenvalue weighted by Crippen LogP contribution is 2.28. The third-order valence-corrected chi connectivity index (χ3v) is 6.14. The molecule has 1 amide bonds. The van der Waals surface area contributed by atoms with Crippen molar-refractivity contribution in [2.75, 3.05) is 23.8 Å². The van der Waals surface area contributed by atoms with Gasteiger partial charge in [0.2, 0.25) is 5.82 Å². The smallest absolute Gasteiger partial charge is 0.411 e. The number of carbonyl (C=O) groups excluding carboxylic acids is 2. The van der Waals surface area contributed by atoms with E-state index < -0.39 is 6.09 Å². The Labute approximate surface area is 223 Å². The van der Waals surface area contributed by atoms with Crippen LogP contribution in [0.4, 0.5) is 16.3 Å². The zero-order valence-corrected chi connectivity index (χ0v) is 20.9. The topological polar surface area (TPSA) is 148 Å². The van der Waals surface area contributed by atoms with Gasteiger partial charge in [-0.2, -0.15) is 5.26 Å². The number of nitrogens with one attached hydrogen (secondary N) is 2. The van der Waals surface area contributed by atoms with Crippen molar-refractivity contribution in [2.45, 2.75) is 19.4 Å². The standard InChI is InChI=1S/C28H25N7O4/c29-15-6-16-30-26-25(33-39-34-26)27-32-22-9-4-5-10-23(22)35(27)17-24(36)20-11-13-21(14-12-20)31-28(37)38-18-19-7-2-1-3-8-19/h1-5,7,9-14,19H,6,8,16-18H2,(H,30,34)(H,31,37). The monoisotopic (exact) mass is 523 g/mol. The number of amides is 1. The maximum atomic E-state index is 13.3. The molecule has 2 aromatic carbocycles. The number of Topliss-reactive ketones (excluding diaryl/α,β-unsaturated/α-hetero) is 1. The van der Waals surface area contributed by atoms with Crippen LogP contribution in [0.25, 0.3) is 22.6 Å². The fourth-order valence-electron chi connectivity index (χ4n) is 4.17. The zero-order chi connectivity index (χ0) is 27.0. The predicted molar refractivity (Wildman–Crippen MR) is 144 cm³/mol. The maximum Gasteiger partial charge on any atom is 0.411 e. The van der Waals surface area contributed by atoms with Crippen LogP contribution >= 0.6 is 0 Å². The highest BCUT2D eigenvalue weighted by Gasteiger charge is 2.22. The predicted octanol–water partition coefficient (Wildman–Crippen LogP) is 4.98. The number of fused-ring (bicyclic) bond motifs is 1. The molecule has 2 N–H and O–H groups in total. The van der Waals surface area contributed by atoms with Crippen LogP contribution in [0.3, 0.4) is 0 Å². The lowest BCUT2D eigenvalue weighted by molar-refractivity contribution is 0.0973. The molecule has 5 rings (SSSR count). The van der Waals surface area contributed by atoms with Gasteiger partial charge in [0.15, 0.2) is 17.3 Å². The third kappa shape index (κ3) is 6.02. The van der Waals surface area contributed by atoms with E-state index in [0.717, 1.165) is 11.9 Å². The molecule has 0 saturated heterocycles. The van der Waals surface area contributed by atoms with E-state index in [1.807, 2.05) is 48.6 Å². The first-order valence-electron chi connectivity index (χ1n) is 12.4. The second kappa shape index (κ2) is 11.9. The summed E-state index contributed by atoms with van der Waals surface area (Å²) in [5, 5.41) is 22.4. The first-order valence-corrected chi connectivity index (χ1v) is 12.4. The molecular weight excluding hydrogens is 498 g/mol. The number of anilines is 2. The number of para-hydroxylation sites is 2. The number of hydrogen-bond acceptors (Lipinski definition) is 9. The number of imidazole rings is 1. The largest absolute Gasteiger partial charge is 0.449 e. The van der Waals surface area contributed by atoms with Gasteiger partial charge >= 0.3 is 6.09 Å². The fourth-order valence-corrected chi connectivity index (χ4v) is 4.17. The number of ketones is 1. The number of rotatable bonds is 10. The molecule has 1 aliphatic rings. The Morgan fingerprint density at radius 3 is 2.77 bits per heavy atom. The fraction of sp³-hybridized carbons (Fsp3) is 0.214. The summed E-state index contributed by atoms with van der Waals surface area (Å²) in [4.78, 5) is 30.1. The van der Waals surface area contributed by atoms with Crippen LogP contribution in [0.1, 0.15) is 23.2 Å². The van der Waals surface area contributed by atoms with E-state index in [1.54, 1.807) is 28.8 Å². The Morgan fingerprint density at radius 2 is 1.97 bits per heavy atom. The summed E-state index contributed by atoms with van der Waals surface area (Å²) in [5.74, 6) is 0.755. The lowest BCUT2D eigenvalue weighted by Gasteiger charge is -2.14. The molecule has 4 aromatic rings. The number of nitriles is 1. The van der Waals surface area contributed by atoms with Gasteiger partial charge in [0.05, 0.1) is 36.7 Å². The molecule has 11 nitrogen and oxygen atoms in total. The molecule has 0 fully saturated rings. The minimum atomic E-state index is -0.549. The van der Waals surface area contributed by atoms with Gasteiger partial charge in [-0.25, -0.2) is 14.4 Å². The molecular formula is C28H25N7O4. The van der Waals surface area contributed by atoms with Crippen molar-refractivity contribution in [3.63, 3.8) is 0 Å². The van der Waals surface area contributed by atoms with Crippen LogP contribution in [0, 0.1) is 17.2 Å². The Balaban J connectivity index is 1.29. The molecule has 39 heavy (non-hydrogen) atoms. The molecule has 2 heterocycles. The van der Waals surface area contributed by atoms with E-state index >= 15 is 0 Å². The van der Waals surface area contributed by atoms with Crippen molar-refractivity contribution in [1.82, 2.24) is 19.9 Å². The Hall–Kier alpha value is -5.24. The minimum Gasteiger partial charge on any atom is -0.449 e. The van der Waals surface area contributed by atoms with Crippen molar-refractivity contribution >= 4 is 34.4 Å². The van der Waals surface area contributed by atoms with Crippen molar-refractivity contribution in [1.29, 1.82) is 5.26 Å². The van der Waals surface area contributed by atoms with Gasteiger partial charge in [-0.1, -0.05) is 36.4 Å². The van der Waals surface area contributed by atoms with Gasteiger partial charge in [0.25, 0.3) is 0 Å². The summed E-state index contributed by atoms with van der Waals surface area (Å²) in [6, 6.07) is 16.1. The molecule has 0 spiro atoms. The van der Waals surface area contributed by atoms with E-state index in [1.165, 1.54) is 0 Å². The van der Waals surface area contributed by atoms with Crippen LogP contribution in [-0.2, 0) is 11.3 Å². The van der Waals surface area contributed by atoms with Crippen molar-refractivity contribution < 1.29 is 19.0 Å². The van der Waals surface area contributed by atoms with Gasteiger partial charge in [-0.15, -0.1) is 0 Å². The van der Waals surface area contributed by atoms with Gasteiger partial charge in [0.1, 0.15) is 0 Å². The summed E-state index contributed by atoms with van der Waals surface area (Å²) in [5.41, 5.74) is 2.75. The van der Waals surface area contributed by atoms with Crippen LogP contribution in [0.5, 0.6) is 0 Å². The van der Waals surface area contributed by atoms with Crippen LogP contribution in [0.15, 0.2) is 77.5 Å². The van der Waals surface area contributed by atoms with Gasteiger partial charge < -0.3 is 14.6 Å². The molecule has 1 aliphatic carbocycles. The van der Waals surface area contributed by atoms with Crippen LogP contribution in [0.2, 0.25) is 0 Å². The van der Waals surface area contributed by atoms with Gasteiger partial charge in [-0.05, 0) is 53.1 Å². The molecule has 1 atom stereocenters. The number of carbonyl (C=O) groups is 2. The number of nitrogens with zero attached hydrogens (tertiary/aromatic N) is 5. The quantitative estimate of drug-likeness (QED) is 0.217. The Bertz CT molecular complexity index is 1580. The number of allylic oxidation sites excluding steroid dienone is 3. The molecule has 196 valence electrons. The average Bonchev–Trinajstić information content (AvgIpc) is 3.57. The molecule has 0 radical (unpaired) electrons. The zero-order valence-electron chi connectivity index (χ0n) is 20.9. The van der Waals surface area contributed by atoms with Gasteiger partial charge in [-0.3, -0.25) is 10.1 Å². The second-order valence-electron chi connectivity index (χ2n) is 8.84. The van der Waals surface area contributed by atoms with E-state index in [0.29, 0.717) is 47.3 Å². The van der Waals surface area contributed by atoms with Crippen molar-refractivity contribution in [2.24, 2.45) is 5.92 Å².